The van der Waals surface area contributed by atoms with Crippen molar-refractivity contribution in [1.29, 1.82) is 0 Å². The topological polar surface area (TPSA) is 67.9 Å². The van der Waals surface area contributed by atoms with Crippen molar-refractivity contribution in [3.63, 3.8) is 0 Å². The van der Waals surface area contributed by atoms with Gasteiger partial charge in [-0.15, -0.1) is 0 Å². The summed E-state index contributed by atoms with van der Waals surface area (Å²) in [4.78, 5) is 27.9. The number of carbonyl (C=O) groups excluding carboxylic acids is 2. The second-order valence-electron chi connectivity index (χ2n) is 8.22. The molecule has 1 atom stereocenters. The van der Waals surface area contributed by atoms with Gasteiger partial charge in [0, 0.05) is 24.5 Å². The second-order valence-corrected chi connectivity index (χ2v) is 8.65. The summed E-state index contributed by atoms with van der Waals surface area (Å²) in [5, 5.41) is 3.57. The molecule has 3 aromatic carbocycles. The van der Waals surface area contributed by atoms with Crippen molar-refractivity contribution in [1.82, 2.24) is 10.2 Å². The zero-order valence-electron chi connectivity index (χ0n) is 19.0. The highest BCUT2D eigenvalue weighted by atomic mass is 35.5. The Morgan fingerprint density at radius 3 is 2.41 bits per heavy atom. The molecule has 3 aromatic rings. The molecule has 1 heterocycles. The third kappa shape index (κ3) is 6.08. The SMILES string of the molecule is CC(C(=O)NCc1ccc2c(c1)OCO2)N(Cc1ccc(Cl)cc1)C(=O)CCc1ccccc1. The van der Waals surface area contributed by atoms with Crippen LogP contribution >= 0.6 is 11.6 Å². The van der Waals surface area contributed by atoms with Crippen LogP contribution in [0.15, 0.2) is 72.8 Å². The fourth-order valence-electron chi connectivity index (χ4n) is 3.80. The molecule has 34 heavy (non-hydrogen) atoms. The van der Waals surface area contributed by atoms with E-state index in [4.69, 9.17) is 21.1 Å². The van der Waals surface area contributed by atoms with Crippen molar-refractivity contribution in [3.8, 4) is 11.5 Å². The van der Waals surface area contributed by atoms with Gasteiger partial charge in [-0.3, -0.25) is 9.59 Å². The number of ether oxygens (including phenoxy) is 2. The lowest BCUT2D eigenvalue weighted by Crippen LogP contribution is -2.47. The van der Waals surface area contributed by atoms with Crippen LogP contribution < -0.4 is 14.8 Å². The number of benzene rings is 3. The van der Waals surface area contributed by atoms with Crippen LogP contribution in [0.2, 0.25) is 5.02 Å². The third-order valence-corrected chi connectivity index (χ3v) is 6.06. The van der Waals surface area contributed by atoms with Crippen LogP contribution in [0.5, 0.6) is 11.5 Å². The van der Waals surface area contributed by atoms with Crippen molar-refractivity contribution >= 4 is 23.4 Å². The maximum Gasteiger partial charge on any atom is 0.242 e. The molecule has 0 saturated heterocycles. The highest BCUT2D eigenvalue weighted by molar-refractivity contribution is 6.30. The maximum atomic E-state index is 13.2. The highest BCUT2D eigenvalue weighted by Crippen LogP contribution is 2.32. The highest BCUT2D eigenvalue weighted by Gasteiger charge is 2.26. The Balaban J connectivity index is 1.42. The largest absolute Gasteiger partial charge is 0.454 e. The van der Waals surface area contributed by atoms with Crippen LogP contribution in [-0.4, -0.2) is 29.5 Å². The second kappa shape index (κ2) is 11.1. The predicted molar refractivity (Wildman–Crippen MR) is 131 cm³/mol. The van der Waals surface area contributed by atoms with Gasteiger partial charge in [0.25, 0.3) is 0 Å². The number of hydrogen-bond donors (Lipinski definition) is 1. The van der Waals surface area contributed by atoms with E-state index in [0.29, 0.717) is 42.5 Å². The average Bonchev–Trinajstić information content (AvgIpc) is 3.33. The summed E-state index contributed by atoms with van der Waals surface area (Å²) in [6.07, 6.45) is 0.930. The van der Waals surface area contributed by atoms with Gasteiger partial charge in [0.15, 0.2) is 11.5 Å². The van der Waals surface area contributed by atoms with Crippen molar-refractivity contribution < 1.29 is 19.1 Å². The maximum absolute atomic E-state index is 13.2. The fraction of sp³-hybridized carbons (Fsp3) is 0.259. The lowest BCUT2D eigenvalue weighted by molar-refractivity contribution is -0.140. The molecule has 4 rings (SSSR count). The smallest absolute Gasteiger partial charge is 0.242 e. The molecule has 0 spiro atoms. The molecule has 0 aliphatic carbocycles. The van der Waals surface area contributed by atoms with E-state index in [1.165, 1.54) is 0 Å². The van der Waals surface area contributed by atoms with Crippen molar-refractivity contribution in [2.75, 3.05) is 6.79 Å². The minimum absolute atomic E-state index is 0.0791. The monoisotopic (exact) mass is 478 g/mol. The van der Waals surface area contributed by atoms with Gasteiger partial charge in [-0.05, 0) is 54.3 Å². The summed E-state index contributed by atoms with van der Waals surface area (Å²) in [7, 11) is 0. The van der Waals surface area contributed by atoms with E-state index in [-0.39, 0.29) is 18.6 Å². The van der Waals surface area contributed by atoms with Gasteiger partial charge < -0.3 is 19.7 Å². The molecule has 0 fully saturated rings. The molecule has 176 valence electrons. The Hall–Kier alpha value is -3.51. The number of hydrogen-bond acceptors (Lipinski definition) is 4. The molecule has 0 aromatic heterocycles. The van der Waals surface area contributed by atoms with Gasteiger partial charge in [0.2, 0.25) is 18.6 Å². The van der Waals surface area contributed by atoms with Crippen molar-refractivity contribution in [3.05, 3.63) is 94.5 Å². The number of nitrogens with zero attached hydrogens (tertiary/aromatic N) is 1. The molecule has 1 unspecified atom stereocenters. The van der Waals surface area contributed by atoms with Crippen LogP contribution in [0.25, 0.3) is 0 Å². The van der Waals surface area contributed by atoms with E-state index in [2.05, 4.69) is 5.32 Å². The Morgan fingerprint density at radius 2 is 1.65 bits per heavy atom. The molecule has 7 heteroatoms. The van der Waals surface area contributed by atoms with Gasteiger partial charge in [-0.1, -0.05) is 60.1 Å². The zero-order chi connectivity index (χ0) is 23.9. The van der Waals surface area contributed by atoms with Crippen LogP contribution in [0.3, 0.4) is 0 Å². The molecular formula is C27H27ClN2O4. The van der Waals surface area contributed by atoms with E-state index in [0.717, 1.165) is 16.7 Å². The fourth-order valence-corrected chi connectivity index (χ4v) is 3.92. The van der Waals surface area contributed by atoms with E-state index in [9.17, 15) is 9.59 Å². The van der Waals surface area contributed by atoms with E-state index in [1.807, 2.05) is 60.7 Å². The van der Waals surface area contributed by atoms with Gasteiger partial charge in [0.05, 0.1) is 0 Å². The minimum Gasteiger partial charge on any atom is -0.454 e. The molecule has 0 radical (unpaired) electrons. The summed E-state index contributed by atoms with van der Waals surface area (Å²) in [5.74, 6) is 1.06. The first kappa shape index (κ1) is 23.6. The van der Waals surface area contributed by atoms with Gasteiger partial charge >= 0.3 is 0 Å². The van der Waals surface area contributed by atoms with E-state index < -0.39 is 6.04 Å². The summed E-state index contributed by atoms with van der Waals surface area (Å²) >= 11 is 6.01. The predicted octanol–water partition coefficient (Wildman–Crippen LogP) is 4.74. The Labute approximate surface area is 204 Å². The number of carbonyl (C=O) groups is 2. The van der Waals surface area contributed by atoms with Gasteiger partial charge in [-0.25, -0.2) is 0 Å². The van der Waals surface area contributed by atoms with Crippen LogP contribution in [0.4, 0.5) is 0 Å². The normalized spacial score (nSPS) is 12.8. The first-order valence-corrected chi connectivity index (χ1v) is 11.6. The molecule has 2 amide bonds. The number of halogens is 1. The molecule has 1 N–H and O–H groups in total. The van der Waals surface area contributed by atoms with Crippen LogP contribution in [-0.2, 0) is 29.1 Å². The molecule has 6 nitrogen and oxygen atoms in total. The minimum atomic E-state index is -0.645. The Bertz CT molecular complexity index is 1140. The number of nitrogens with one attached hydrogen (secondary N) is 1. The van der Waals surface area contributed by atoms with Crippen LogP contribution in [0.1, 0.15) is 30.0 Å². The first-order chi connectivity index (χ1) is 16.5. The number of fused-ring (bicyclic) bond motifs is 1. The average molecular weight is 479 g/mol. The Morgan fingerprint density at radius 1 is 0.941 bits per heavy atom. The lowest BCUT2D eigenvalue weighted by atomic mass is 10.1. The van der Waals surface area contributed by atoms with Crippen molar-refractivity contribution in [2.45, 2.75) is 38.9 Å². The number of aryl methyl sites for hydroxylation is 1. The number of amides is 2. The van der Waals surface area contributed by atoms with Crippen molar-refractivity contribution in [2.24, 2.45) is 0 Å². The molecular weight excluding hydrogens is 452 g/mol. The standard InChI is InChI=1S/C27H27ClN2O4/c1-19(27(32)29-16-22-9-13-24-25(15-22)34-18-33-24)30(17-21-7-11-23(28)12-8-21)26(31)14-10-20-5-3-2-4-6-20/h2-9,11-13,15,19H,10,14,16-18H2,1H3,(H,29,32). The lowest BCUT2D eigenvalue weighted by Gasteiger charge is -2.29. The summed E-state index contributed by atoms with van der Waals surface area (Å²) < 4.78 is 10.7. The summed E-state index contributed by atoms with van der Waals surface area (Å²) in [6.45, 7) is 2.61. The third-order valence-electron chi connectivity index (χ3n) is 5.81. The Kier molecular flexibility index (Phi) is 7.70. The van der Waals surface area contributed by atoms with Crippen LogP contribution in [0, 0.1) is 0 Å². The van der Waals surface area contributed by atoms with Gasteiger partial charge in [0.1, 0.15) is 6.04 Å². The molecule has 1 aliphatic heterocycles. The zero-order valence-corrected chi connectivity index (χ0v) is 19.8. The summed E-state index contributed by atoms with van der Waals surface area (Å²) in [6, 6.07) is 22.1. The number of rotatable bonds is 9. The molecule has 0 saturated carbocycles. The first-order valence-electron chi connectivity index (χ1n) is 11.2. The van der Waals surface area contributed by atoms with Gasteiger partial charge in [-0.2, -0.15) is 0 Å². The quantitative estimate of drug-likeness (QED) is 0.482. The molecule has 1 aliphatic rings. The summed E-state index contributed by atoms with van der Waals surface area (Å²) in [5.41, 5.74) is 2.89. The van der Waals surface area contributed by atoms with E-state index >= 15 is 0 Å². The van der Waals surface area contributed by atoms with E-state index in [1.54, 1.807) is 24.0 Å². The molecule has 0 bridgehead atoms.